The number of nitrogens with one attached hydrogen (secondary N) is 1. The van der Waals surface area contributed by atoms with Gasteiger partial charge in [0.25, 0.3) is 0 Å². The molecule has 2 atom stereocenters. The van der Waals surface area contributed by atoms with Crippen molar-refractivity contribution >= 4 is 27.8 Å². The van der Waals surface area contributed by atoms with Crippen LogP contribution in [0.4, 0.5) is 5.82 Å². The number of hydrogen-bond donors (Lipinski definition) is 1. The van der Waals surface area contributed by atoms with Gasteiger partial charge in [-0.2, -0.15) is 0 Å². The van der Waals surface area contributed by atoms with E-state index in [-0.39, 0.29) is 17.7 Å². The molecule has 0 spiro atoms. The number of rotatable bonds is 5. The standard InChI is InChI=1S/C30H38N6O2/c1-34(2)22-12-14-36(15-13-22)26-11-9-21(18-31-26)19-8-10-25-24(17-19)28-29(35(3)30(37)33-28)27(32-25)20-6-5-7-23(16-20)38-4/h8-11,17-18,20,22-23H,5-7,12-16H2,1-4H3,(H,33,37)/t20-,23-/m1/s1. The van der Waals surface area contributed by atoms with E-state index < -0.39 is 0 Å². The number of aromatic nitrogens is 4. The second-order valence-corrected chi connectivity index (χ2v) is 11.2. The number of ether oxygens (including phenoxy) is 1. The maximum absolute atomic E-state index is 12.8. The third-order valence-electron chi connectivity index (χ3n) is 8.80. The van der Waals surface area contributed by atoms with Crippen LogP contribution in [0.3, 0.4) is 0 Å². The summed E-state index contributed by atoms with van der Waals surface area (Å²) in [5.41, 5.74) is 5.72. The lowest BCUT2D eigenvalue weighted by molar-refractivity contribution is 0.0632. The average Bonchev–Trinajstić information content (AvgIpc) is 3.26. The normalized spacial score (nSPS) is 21.1. The monoisotopic (exact) mass is 514 g/mol. The molecule has 1 saturated carbocycles. The van der Waals surface area contributed by atoms with E-state index in [9.17, 15) is 4.79 Å². The van der Waals surface area contributed by atoms with Crippen molar-refractivity contribution < 1.29 is 4.74 Å². The zero-order chi connectivity index (χ0) is 26.4. The largest absolute Gasteiger partial charge is 0.381 e. The summed E-state index contributed by atoms with van der Waals surface area (Å²) in [7, 11) is 7.96. The molecule has 38 heavy (non-hydrogen) atoms. The van der Waals surface area contributed by atoms with Crippen LogP contribution >= 0.6 is 0 Å². The van der Waals surface area contributed by atoms with Crippen LogP contribution in [-0.2, 0) is 11.8 Å². The predicted molar refractivity (Wildman–Crippen MR) is 153 cm³/mol. The maximum atomic E-state index is 12.8. The summed E-state index contributed by atoms with van der Waals surface area (Å²) in [5.74, 6) is 1.32. The van der Waals surface area contributed by atoms with Crippen LogP contribution in [0.2, 0.25) is 0 Å². The number of fused-ring (bicyclic) bond motifs is 3. The Morgan fingerprint density at radius 2 is 1.84 bits per heavy atom. The first kappa shape index (κ1) is 25.1. The fourth-order valence-corrected chi connectivity index (χ4v) is 6.46. The summed E-state index contributed by atoms with van der Waals surface area (Å²) in [5, 5.41) is 0.966. The maximum Gasteiger partial charge on any atom is 0.326 e. The molecular formula is C30H38N6O2. The highest BCUT2D eigenvalue weighted by atomic mass is 16.5. The lowest BCUT2D eigenvalue weighted by Gasteiger charge is -2.35. The molecule has 1 aliphatic heterocycles. The Labute approximate surface area is 223 Å². The molecule has 1 N–H and O–H groups in total. The Hall–Kier alpha value is -3.23. The summed E-state index contributed by atoms with van der Waals surface area (Å²) in [6.07, 6.45) is 8.73. The van der Waals surface area contributed by atoms with Crippen LogP contribution in [0.1, 0.15) is 50.1 Å². The van der Waals surface area contributed by atoms with Gasteiger partial charge in [0, 0.05) is 56.4 Å². The minimum absolute atomic E-state index is 0.107. The lowest BCUT2D eigenvalue weighted by Crippen LogP contribution is -2.42. The van der Waals surface area contributed by atoms with Gasteiger partial charge in [-0.3, -0.25) is 9.55 Å². The van der Waals surface area contributed by atoms with Crippen molar-refractivity contribution in [2.75, 3.05) is 39.2 Å². The number of piperidine rings is 1. The number of anilines is 1. The minimum atomic E-state index is -0.107. The van der Waals surface area contributed by atoms with E-state index in [4.69, 9.17) is 14.7 Å². The number of hydrogen-bond acceptors (Lipinski definition) is 6. The number of methoxy groups -OCH3 is 1. The van der Waals surface area contributed by atoms with Crippen LogP contribution in [-0.4, -0.2) is 70.9 Å². The highest BCUT2D eigenvalue weighted by Gasteiger charge is 2.28. The molecule has 0 unspecified atom stereocenters. The topological polar surface area (TPSA) is 79.3 Å². The van der Waals surface area contributed by atoms with Crippen molar-refractivity contribution in [2.24, 2.45) is 7.05 Å². The Kier molecular flexibility index (Phi) is 6.70. The SMILES string of the molecule is CO[C@@H]1CCC[C@@H](c2nc3ccc(-c4ccc(N5CCC(N(C)C)CC5)nc4)cc3c3[nH]c(=O)n(C)c23)C1. The molecule has 4 aromatic rings. The molecule has 0 radical (unpaired) electrons. The lowest BCUT2D eigenvalue weighted by atomic mass is 9.84. The molecule has 4 heterocycles. The van der Waals surface area contributed by atoms with Gasteiger partial charge >= 0.3 is 5.69 Å². The van der Waals surface area contributed by atoms with Crippen molar-refractivity contribution in [1.29, 1.82) is 0 Å². The van der Waals surface area contributed by atoms with E-state index in [1.807, 2.05) is 13.2 Å². The number of aryl methyl sites for hydroxylation is 1. The van der Waals surface area contributed by atoms with Gasteiger partial charge < -0.3 is 19.5 Å². The average molecular weight is 515 g/mol. The Morgan fingerprint density at radius 1 is 1.05 bits per heavy atom. The van der Waals surface area contributed by atoms with Crippen LogP contribution in [0.25, 0.3) is 33.1 Å². The smallest absolute Gasteiger partial charge is 0.326 e. The van der Waals surface area contributed by atoms with Gasteiger partial charge in [0.1, 0.15) is 5.82 Å². The fourth-order valence-electron chi connectivity index (χ4n) is 6.46. The zero-order valence-corrected chi connectivity index (χ0v) is 22.9. The van der Waals surface area contributed by atoms with E-state index in [1.54, 1.807) is 11.7 Å². The number of benzene rings is 1. The Bertz CT molecular complexity index is 1500. The predicted octanol–water partition coefficient (Wildman–Crippen LogP) is 4.68. The first-order chi connectivity index (χ1) is 18.4. The Balaban J connectivity index is 1.34. The Morgan fingerprint density at radius 3 is 2.55 bits per heavy atom. The summed E-state index contributed by atoms with van der Waals surface area (Å²) in [6, 6.07) is 11.3. The molecular weight excluding hydrogens is 476 g/mol. The molecule has 6 rings (SSSR count). The zero-order valence-electron chi connectivity index (χ0n) is 22.9. The molecule has 1 saturated heterocycles. The third-order valence-corrected chi connectivity index (χ3v) is 8.80. The molecule has 8 nitrogen and oxygen atoms in total. The number of pyridine rings is 2. The van der Waals surface area contributed by atoms with Gasteiger partial charge in [-0.1, -0.05) is 12.5 Å². The van der Waals surface area contributed by atoms with Gasteiger partial charge in [-0.25, -0.2) is 9.78 Å². The second-order valence-electron chi connectivity index (χ2n) is 11.2. The second kappa shape index (κ2) is 10.2. The van der Waals surface area contributed by atoms with Crippen LogP contribution < -0.4 is 10.6 Å². The van der Waals surface area contributed by atoms with Crippen molar-refractivity contribution in [2.45, 2.75) is 56.6 Å². The summed E-state index contributed by atoms with van der Waals surface area (Å²) < 4.78 is 7.41. The van der Waals surface area contributed by atoms with Crippen molar-refractivity contribution in [3.05, 3.63) is 52.7 Å². The number of imidazole rings is 1. The number of H-pyrrole nitrogens is 1. The molecule has 200 valence electrons. The molecule has 1 aliphatic carbocycles. The molecule has 2 aliphatic rings. The van der Waals surface area contributed by atoms with Crippen LogP contribution in [0.5, 0.6) is 0 Å². The first-order valence-electron chi connectivity index (χ1n) is 13.9. The molecule has 1 aromatic carbocycles. The van der Waals surface area contributed by atoms with E-state index in [1.165, 1.54) is 0 Å². The van der Waals surface area contributed by atoms with Crippen molar-refractivity contribution in [3.63, 3.8) is 0 Å². The van der Waals surface area contributed by atoms with Gasteiger partial charge in [0.15, 0.2) is 0 Å². The highest BCUT2D eigenvalue weighted by Crippen LogP contribution is 2.38. The summed E-state index contributed by atoms with van der Waals surface area (Å²) in [6.45, 7) is 2.06. The molecule has 2 fully saturated rings. The van der Waals surface area contributed by atoms with Gasteiger partial charge in [0.05, 0.1) is 28.3 Å². The minimum Gasteiger partial charge on any atom is -0.381 e. The fraction of sp³-hybridized carbons (Fsp3) is 0.500. The van der Waals surface area contributed by atoms with E-state index in [0.717, 1.165) is 96.2 Å². The van der Waals surface area contributed by atoms with Crippen molar-refractivity contribution in [1.82, 2.24) is 24.4 Å². The molecule has 0 bridgehead atoms. The van der Waals surface area contributed by atoms with Gasteiger partial charge in [-0.15, -0.1) is 0 Å². The van der Waals surface area contributed by atoms with Crippen LogP contribution in [0.15, 0.2) is 41.3 Å². The quantitative estimate of drug-likeness (QED) is 0.417. The van der Waals surface area contributed by atoms with Crippen molar-refractivity contribution in [3.8, 4) is 11.1 Å². The molecule has 8 heteroatoms. The van der Waals surface area contributed by atoms with E-state index in [2.05, 4.69) is 59.2 Å². The van der Waals surface area contributed by atoms with Crippen LogP contribution in [0, 0.1) is 0 Å². The summed E-state index contributed by atoms with van der Waals surface area (Å²) in [4.78, 5) is 30.6. The van der Waals surface area contributed by atoms with E-state index in [0.29, 0.717) is 6.04 Å². The van der Waals surface area contributed by atoms with Gasteiger partial charge in [0.2, 0.25) is 0 Å². The first-order valence-corrected chi connectivity index (χ1v) is 13.9. The van der Waals surface area contributed by atoms with E-state index >= 15 is 0 Å². The molecule has 0 amide bonds. The third kappa shape index (κ3) is 4.50. The van der Waals surface area contributed by atoms with Gasteiger partial charge in [-0.05, 0) is 76.0 Å². The number of aromatic amines is 1. The summed E-state index contributed by atoms with van der Waals surface area (Å²) >= 11 is 0. The molecule has 3 aromatic heterocycles. The number of nitrogens with zero attached hydrogens (tertiary/aromatic N) is 5. The highest BCUT2D eigenvalue weighted by molar-refractivity contribution is 6.04.